The Hall–Kier alpha value is -0.610. The standard InChI is InChI=1S/C12H22N2O2/c1-16-12(6-3-7-12)9-14-10(15)11(8-13)4-2-5-11/h2-9,13H2,1H3,(H,14,15). The summed E-state index contributed by atoms with van der Waals surface area (Å²) in [5, 5.41) is 3.03. The molecule has 0 atom stereocenters. The van der Waals surface area contributed by atoms with Crippen LogP contribution in [0.1, 0.15) is 38.5 Å². The number of rotatable bonds is 5. The third kappa shape index (κ3) is 1.84. The SMILES string of the molecule is COC1(CNC(=O)C2(CN)CCC2)CCC1. The van der Waals surface area contributed by atoms with Gasteiger partial charge in [-0.25, -0.2) is 0 Å². The van der Waals surface area contributed by atoms with Crippen LogP contribution in [-0.2, 0) is 9.53 Å². The van der Waals surface area contributed by atoms with E-state index >= 15 is 0 Å². The molecule has 2 aliphatic carbocycles. The smallest absolute Gasteiger partial charge is 0.227 e. The number of carbonyl (C=O) groups is 1. The predicted molar refractivity (Wildman–Crippen MR) is 61.9 cm³/mol. The van der Waals surface area contributed by atoms with Crippen molar-refractivity contribution in [3.05, 3.63) is 0 Å². The third-order valence-electron chi connectivity index (χ3n) is 4.45. The summed E-state index contributed by atoms with van der Waals surface area (Å²) in [6, 6.07) is 0. The van der Waals surface area contributed by atoms with Crippen LogP contribution in [0.2, 0.25) is 0 Å². The summed E-state index contributed by atoms with van der Waals surface area (Å²) in [5.41, 5.74) is 5.34. The van der Waals surface area contributed by atoms with Crippen molar-refractivity contribution in [3.63, 3.8) is 0 Å². The number of methoxy groups -OCH3 is 1. The van der Waals surface area contributed by atoms with E-state index in [1.54, 1.807) is 7.11 Å². The van der Waals surface area contributed by atoms with Gasteiger partial charge in [-0.1, -0.05) is 6.42 Å². The van der Waals surface area contributed by atoms with Crippen molar-refractivity contribution in [2.24, 2.45) is 11.1 Å². The second-order valence-electron chi connectivity index (χ2n) is 5.26. The molecule has 0 bridgehead atoms. The van der Waals surface area contributed by atoms with Crippen molar-refractivity contribution in [1.29, 1.82) is 0 Å². The number of carbonyl (C=O) groups excluding carboxylic acids is 1. The first kappa shape index (κ1) is 11.9. The number of nitrogens with two attached hydrogens (primary N) is 1. The molecule has 2 aliphatic rings. The molecule has 0 unspecified atom stereocenters. The van der Waals surface area contributed by atoms with Crippen molar-refractivity contribution < 1.29 is 9.53 Å². The molecule has 0 radical (unpaired) electrons. The Bertz CT molecular complexity index is 259. The van der Waals surface area contributed by atoms with Gasteiger partial charge in [0, 0.05) is 20.2 Å². The van der Waals surface area contributed by atoms with E-state index < -0.39 is 0 Å². The molecule has 0 aromatic carbocycles. The van der Waals surface area contributed by atoms with Gasteiger partial charge in [-0.15, -0.1) is 0 Å². The fraction of sp³-hybridized carbons (Fsp3) is 0.917. The third-order valence-corrected chi connectivity index (χ3v) is 4.45. The topological polar surface area (TPSA) is 64.3 Å². The highest BCUT2D eigenvalue weighted by Gasteiger charge is 2.44. The molecule has 0 saturated heterocycles. The highest BCUT2D eigenvalue weighted by Crippen LogP contribution is 2.40. The maximum absolute atomic E-state index is 12.0. The number of amides is 1. The number of ether oxygens (including phenoxy) is 1. The second kappa shape index (κ2) is 4.34. The molecule has 4 heteroatoms. The minimum atomic E-state index is -0.265. The summed E-state index contributed by atoms with van der Waals surface area (Å²) in [6.07, 6.45) is 6.31. The first-order valence-corrected chi connectivity index (χ1v) is 6.20. The maximum atomic E-state index is 12.0. The number of hydrogen-bond acceptors (Lipinski definition) is 3. The van der Waals surface area contributed by atoms with Crippen LogP contribution in [0.15, 0.2) is 0 Å². The first-order valence-electron chi connectivity index (χ1n) is 6.20. The van der Waals surface area contributed by atoms with Crippen LogP contribution in [0.4, 0.5) is 0 Å². The molecule has 92 valence electrons. The molecule has 0 aliphatic heterocycles. The summed E-state index contributed by atoms with van der Waals surface area (Å²) in [5.74, 6) is 0.129. The van der Waals surface area contributed by atoms with Gasteiger partial charge in [0.15, 0.2) is 0 Å². The predicted octanol–water partition coefficient (Wildman–Crippen LogP) is 0.801. The average Bonchev–Trinajstić information content (AvgIpc) is 2.16. The van der Waals surface area contributed by atoms with Gasteiger partial charge in [-0.3, -0.25) is 4.79 Å². The van der Waals surface area contributed by atoms with Gasteiger partial charge >= 0.3 is 0 Å². The lowest BCUT2D eigenvalue weighted by atomic mass is 9.68. The van der Waals surface area contributed by atoms with Gasteiger partial charge in [0.05, 0.1) is 11.0 Å². The van der Waals surface area contributed by atoms with Gasteiger partial charge in [0.25, 0.3) is 0 Å². The van der Waals surface area contributed by atoms with Crippen molar-refractivity contribution in [2.45, 2.75) is 44.1 Å². The number of nitrogens with one attached hydrogen (secondary N) is 1. The minimum Gasteiger partial charge on any atom is -0.376 e. The molecule has 0 spiro atoms. The van der Waals surface area contributed by atoms with E-state index in [1.807, 2.05) is 0 Å². The van der Waals surface area contributed by atoms with E-state index in [4.69, 9.17) is 10.5 Å². The zero-order valence-corrected chi connectivity index (χ0v) is 10.1. The van der Waals surface area contributed by atoms with Crippen LogP contribution in [0.3, 0.4) is 0 Å². The molecule has 16 heavy (non-hydrogen) atoms. The van der Waals surface area contributed by atoms with E-state index in [-0.39, 0.29) is 16.9 Å². The lowest BCUT2D eigenvalue weighted by molar-refractivity contribution is -0.138. The molecule has 0 aromatic rings. The van der Waals surface area contributed by atoms with E-state index in [0.717, 1.165) is 32.1 Å². The highest BCUT2D eigenvalue weighted by atomic mass is 16.5. The molecule has 3 N–H and O–H groups in total. The molecule has 2 fully saturated rings. The van der Waals surface area contributed by atoms with Crippen LogP contribution in [0, 0.1) is 5.41 Å². The van der Waals surface area contributed by atoms with E-state index in [2.05, 4.69) is 5.32 Å². The first-order chi connectivity index (χ1) is 7.66. The summed E-state index contributed by atoms with van der Waals surface area (Å²) >= 11 is 0. The van der Waals surface area contributed by atoms with E-state index in [1.165, 1.54) is 6.42 Å². The molecule has 4 nitrogen and oxygen atoms in total. The normalized spacial score (nSPS) is 25.4. The Morgan fingerprint density at radius 1 is 1.31 bits per heavy atom. The van der Waals surface area contributed by atoms with Gasteiger partial charge in [-0.05, 0) is 32.1 Å². The van der Waals surface area contributed by atoms with Gasteiger partial charge in [0.1, 0.15) is 0 Å². The monoisotopic (exact) mass is 226 g/mol. The minimum absolute atomic E-state index is 0.0881. The number of hydrogen-bond donors (Lipinski definition) is 2. The van der Waals surface area contributed by atoms with Crippen molar-refractivity contribution in [2.75, 3.05) is 20.2 Å². The average molecular weight is 226 g/mol. The molecular weight excluding hydrogens is 204 g/mol. The van der Waals surface area contributed by atoms with E-state index in [9.17, 15) is 4.79 Å². The van der Waals surface area contributed by atoms with Crippen molar-refractivity contribution in [1.82, 2.24) is 5.32 Å². The fourth-order valence-electron chi connectivity index (χ4n) is 2.58. The van der Waals surface area contributed by atoms with Crippen molar-refractivity contribution in [3.8, 4) is 0 Å². The van der Waals surface area contributed by atoms with Crippen LogP contribution in [0.25, 0.3) is 0 Å². The van der Waals surface area contributed by atoms with Crippen LogP contribution >= 0.6 is 0 Å². The van der Waals surface area contributed by atoms with Gasteiger partial charge < -0.3 is 15.8 Å². The lowest BCUT2D eigenvalue weighted by Gasteiger charge is -2.43. The quantitative estimate of drug-likeness (QED) is 0.729. The van der Waals surface area contributed by atoms with Crippen LogP contribution < -0.4 is 11.1 Å². The largest absolute Gasteiger partial charge is 0.376 e. The Morgan fingerprint density at radius 2 is 1.94 bits per heavy atom. The Balaban J connectivity index is 1.83. The fourth-order valence-corrected chi connectivity index (χ4v) is 2.58. The van der Waals surface area contributed by atoms with E-state index in [0.29, 0.717) is 13.1 Å². The Labute approximate surface area is 96.9 Å². The molecule has 2 rings (SSSR count). The molecule has 2 saturated carbocycles. The molecule has 0 heterocycles. The van der Waals surface area contributed by atoms with Crippen LogP contribution in [-0.4, -0.2) is 31.7 Å². The molecule has 0 aromatic heterocycles. The van der Waals surface area contributed by atoms with Crippen LogP contribution in [0.5, 0.6) is 0 Å². The molecule has 1 amide bonds. The maximum Gasteiger partial charge on any atom is 0.227 e. The molecular formula is C12H22N2O2. The highest BCUT2D eigenvalue weighted by molar-refractivity contribution is 5.83. The summed E-state index contributed by atoms with van der Waals surface area (Å²) in [4.78, 5) is 12.0. The van der Waals surface area contributed by atoms with Gasteiger partial charge in [-0.2, -0.15) is 0 Å². The van der Waals surface area contributed by atoms with Gasteiger partial charge in [0.2, 0.25) is 5.91 Å². The second-order valence-corrected chi connectivity index (χ2v) is 5.26. The zero-order chi connectivity index (χ0) is 11.6. The summed E-state index contributed by atoms with van der Waals surface area (Å²) in [6.45, 7) is 1.11. The summed E-state index contributed by atoms with van der Waals surface area (Å²) in [7, 11) is 1.73. The van der Waals surface area contributed by atoms with Crippen molar-refractivity contribution >= 4 is 5.91 Å². The zero-order valence-electron chi connectivity index (χ0n) is 10.1. The Morgan fingerprint density at radius 3 is 2.25 bits per heavy atom. The lowest BCUT2D eigenvalue weighted by Crippen LogP contribution is -2.55. The Kier molecular flexibility index (Phi) is 3.22. The summed E-state index contributed by atoms with van der Waals surface area (Å²) < 4.78 is 5.48.